The maximum Gasteiger partial charge on any atom is 0.333 e. The second-order valence-corrected chi connectivity index (χ2v) is 6.99. The summed E-state index contributed by atoms with van der Waals surface area (Å²) in [7, 11) is 2.76. The van der Waals surface area contributed by atoms with Gasteiger partial charge in [0.25, 0.3) is 5.91 Å². The molecule has 1 atom stereocenters. The normalized spacial score (nSPS) is 19.5. The van der Waals surface area contributed by atoms with Crippen molar-refractivity contribution in [2.75, 3.05) is 19.1 Å². The average Bonchev–Trinajstić information content (AvgIpc) is 2.84. The summed E-state index contributed by atoms with van der Waals surface area (Å²) in [5, 5.41) is 0. The van der Waals surface area contributed by atoms with Crippen LogP contribution in [0.1, 0.15) is 17.5 Å². The molecular weight excluding hydrogens is 401 g/mol. The van der Waals surface area contributed by atoms with E-state index in [2.05, 4.69) is 15.9 Å². The summed E-state index contributed by atoms with van der Waals surface area (Å²) < 4.78 is 21.5. The van der Waals surface area contributed by atoms with Gasteiger partial charge in [-0.3, -0.25) is 4.79 Å². The zero-order valence-corrected chi connectivity index (χ0v) is 15.9. The Bertz CT molecular complexity index is 894. The van der Waals surface area contributed by atoms with E-state index >= 15 is 4.39 Å². The predicted molar refractivity (Wildman–Crippen MR) is 101 cm³/mol. The Labute approximate surface area is 159 Å². The molecule has 0 aliphatic carbocycles. The van der Waals surface area contributed by atoms with E-state index in [0.717, 1.165) is 4.47 Å². The number of likely N-dealkylation sites (N-methyl/N-ethyl adjacent to an activating group) is 1. The van der Waals surface area contributed by atoms with Gasteiger partial charge in [0.2, 0.25) is 5.67 Å². The summed E-state index contributed by atoms with van der Waals surface area (Å²) in [6, 6.07) is 13.9. The van der Waals surface area contributed by atoms with Crippen LogP contribution in [0.5, 0.6) is 0 Å². The molecule has 0 aromatic heterocycles. The minimum Gasteiger partial charge on any atom is -0.466 e. The first-order chi connectivity index (χ1) is 12.4. The second kappa shape index (κ2) is 7.03. The maximum absolute atomic E-state index is 15.8. The Hall–Kier alpha value is -2.47. The molecule has 0 bridgehead atoms. The third-order valence-corrected chi connectivity index (χ3v) is 4.96. The van der Waals surface area contributed by atoms with Crippen LogP contribution in [-0.2, 0) is 20.0 Å². The number of ether oxygens (including phenoxy) is 1. The molecule has 0 radical (unpaired) electrons. The third kappa shape index (κ3) is 3.17. The number of benzene rings is 2. The number of carbonyl (C=O) groups excluding carboxylic acids is 2. The summed E-state index contributed by atoms with van der Waals surface area (Å²) in [4.78, 5) is 26.1. The van der Waals surface area contributed by atoms with Gasteiger partial charge in [0.1, 0.15) is 0 Å². The number of para-hydroxylation sites is 1. The van der Waals surface area contributed by atoms with Gasteiger partial charge in [-0.2, -0.15) is 0 Å². The lowest BCUT2D eigenvalue weighted by molar-refractivity contribution is -0.137. The first kappa shape index (κ1) is 18.3. The molecule has 4 nitrogen and oxygen atoms in total. The standard InChI is InChI=1S/C20H17BrFNO3/c1-23-17-6-4-3-5-16(17)20(22,19(23)25)12-14(18(24)26-2)11-13-7-9-15(21)10-8-13/h3-11H,12H2,1-2H3/b14-11+/t20-/m1/s1. The van der Waals surface area contributed by atoms with Crippen molar-refractivity contribution in [2.24, 2.45) is 0 Å². The molecule has 0 N–H and O–H groups in total. The largest absolute Gasteiger partial charge is 0.466 e. The summed E-state index contributed by atoms with van der Waals surface area (Å²) >= 11 is 3.34. The van der Waals surface area contributed by atoms with Crippen LogP contribution in [0.3, 0.4) is 0 Å². The summed E-state index contributed by atoms with van der Waals surface area (Å²) in [5.74, 6) is -1.35. The molecule has 1 heterocycles. The van der Waals surface area contributed by atoms with E-state index in [1.54, 1.807) is 42.5 Å². The fourth-order valence-corrected chi connectivity index (χ4v) is 3.36. The van der Waals surface area contributed by atoms with Gasteiger partial charge < -0.3 is 9.64 Å². The van der Waals surface area contributed by atoms with Gasteiger partial charge in [0.15, 0.2) is 0 Å². The van der Waals surface area contributed by atoms with Crippen LogP contribution in [0.4, 0.5) is 10.1 Å². The molecule has 26 heavy (non-hydrogen) atoms. The van der Waals surface area contributed by atoms with E-state index in [-0.39, 0.29) is 11.1 Å². The molecule has 1 aliphatic heterocycles. The van der Waals surface area contributed by atoms with Crippen LogP contribution in [0.2, 0.25) is 0 Å². The van der Waals surface area contributed by atoms with E-state index in [1.165, 1.54) is 19.1 Å². The lowest BCUT2D eigenvalue weighted by Gasteiger charge is -2.20. The average molecular weight is 418 g/mol. The van der Waals surface area contributed by atoms with Crippen molar-refractivity contribution in [2.45, 2.75) is 12.1 Å². The molecule has 0 saturated carbocycles. The number of amides is 1. The summed E-state index contributed by atoms with van der Waals surface area (Å²) in [5.41, 5.74) is -0.730. The summed E-state index contributed by atoms with van der Waals surface area (Å²) in [6.07, 6.45) is 1.16. The van der Waals surface area contributed by atoms with E-state index < -0.39 is 24.0 Å². The topological polar surface area (TPSA) is 46.6 Å². The Morgan fingerprint density at radius 3 is 2.54 bits per heavy atom. The van der Waals surface area contributed by atoms with Crippen molar-refractivity contribution in [1.82, 2.24) is 0 Å². The molecule has 2 aromatic carbocycles. The van der Waals surface area contributed by atoms with Gasteiger partial charge in [0.05, 0.1) is 12.8 Å². The number of hydrogen-bond donors (Lipinski definition) is 0. The smallest absolute Gasteiger partial charge is 0.333 e. The molecule has 134 valence electrons. The van der Waals surface area contributed by atoms with Crippen molar-refractivity contribution < 1.29 is 18.7 Å². The molecular formula is C20H17BrFNO3. The molecule has 1 amide bonds. The Kier molecular flexibility index (Phi) is 4.96. The number of rotatable bonds is 4. The van der Waals surface area contributed by atoms with Crippen molar-refractivity contribution >= 4 is 39.6 Å². The maximum atomic E-state index is 15.8. The molecule has 2 aromatic rings. The SMILES string of the molecule is COC(=O)/C(=C/c1ccc(Br)cc1)C[C@]1(F)C(=O)N(C)c2ccccc21. The predicted octanol–water partition coefficient (Wildman–Crippen LogP) is 4.24. The zero-order valence-electron chi connectivity index (χ0n) is 14.3. The van der Waals surface area contributed by atoms with Crippen LogP contribution < -0.4 is 4.90 Å². The monoisotopic (exact) mass is 417 g/mol. The molecule has 1 aliphatic rings. The van der Waals surface area contributed by atoms with Gasteiger partial charge in [-0.05, 0) is 29.8 Å². The third-order valence-electron chi connectivity index (χ3n) is 4.43. The highest BCUT2D eigenvalue weighted by Gasteiger charge is 2.51. The lowest BCUT2D eigenvalue weighted by atomic mass is 9.89. The number of halogens is 2. The highest BCUT2D eigenvalue weighted by Crippen LogP contribution is 2.46. The number of fused-ring (bicyclic) bond motifs is 1. The van der Waals surface area contributed by atoms with Crippen molar-refractivity contribution in [3.8, 4) is 0 Å². The first-order valence-corrected chi connectivity index (χ1v) is 8.77. The quantitative estimate of drug-likeness (QED) is 0.552. The fourth-order valence-electron chi connectivity index (χ4n) is 3.10. The fraction of sp³-hybridized carbons (Fsp3) is 0.200. The molecule has 0 spiro atoms. The number of methoxy groups -OCH3 is 1. The molecule has 0 fully saturated rings. The number of esters is 1. The second-order valence-electron chi connectivity index (χ2n) is 6.07. The van der Waals surface area contributed by atoms with Gasteiger partial charge in [-0.1, -0.05) is 46.3 Å². The van der Waals surface area contributed by atoms with Crippen LogP contribution in [0.15, 0.2) is 58.6 Å². The molecule has 0 unspecified atom stereocenters. The van der Waals surface area contributed by atoms with E-state index in [1.807, 2.05) is 12.1 Å². The zero-order chi connectivity index (χ0) is 18.9. The van der Waals surface area contributed by atoms with Gasteiger partial charge >= 0.3 is 5.97 Å². The minimum absolute atomic E-state index is 0.0933. The first-order valence-electron chi connectivity index (χ1n) is 7.98. The van der Waals surface area contributed by atoms with Crippen molar-refractivity contribution in [3.05, 3.63) is 69.7 Å². The van der Waals surface area contributed by atoms with E-state index in [0.29, 0.717) is 11.3 Å². The number of anilines is 1. The van der Waals surface area contributed by atoms with Gasteiger partial charge in [-0.15, -0.1) is 0 Å². The highest BCUT2D eigenvalue weighted by molar-refractivity contribution is 9.10. The Morgan fingerprint density at radius 2 is 1.88 bits per heavy atom. The number of alkyl halides is 1. The van der Waals surface area contributed by atoms with Crippen molar-refractivity contribution in [3.63, 3.8) is 0 Å². The van der Waals surface area contributed by atoms with Crippen LogP contribution in [0.25, 0.3) is 6.08 Å². The number of hydrogen-bond acceptors (Lipinski definition) is 3. The van der Waals surface area contributed by atoms with Gasteiger partial charge in [0, 0.05) is 29.1 Å². The Balaban J connectivity index is 2.03. The van der Waals surface area contributed by atoms with Crippen LogP contribution >= 0.6 is 15.9 Å². The minimum atomic E-state index is -2.30. The molecule has 3 rings (SSSR count). The highest BCUT2D eigenvalue weighted by atomic mass is 79.9. The number of nitrogens with zero attached hydrogens (tertiary/aromatic N) is 1. The van der Waals surface area contributed by atoms with E-state index in [9.17, 15) is 9.59 Å². The Morgan fingerprint density at radius 1 is 1.23 bits per heavy atom. The van der Waals surface area contributed by atoms with Crippen LogP contribution in [0, 0.1) is 0 Å². The van der Waals surface area contributed by atoms with Crippen molar-refractivity contribution in [1.29, 1.82) is 0 Å². The number of carbonyl (C=O) groups is 2. The lowest BCUT2D eigenvalue weighted by Crippen LogP contribution is -2.36. The van der Waals surface area contributed by atoms with E-state index in [4.69, 9.17) is 4.74 Å². The summed E-state index contributed by atoms with van der Waals surface area (Å²) in [6.45, 7) is 0. The van der Waals surface area contributed by atoms with Crippen LogP contribution in [-0.4, -0.2) is 26.0 Å². The molecule has 0 saturated heterocycles. The molecule has 6 heteroatoms. The van der Waals surface area contributed by atoms with Gasteiger partial charge in [-0.25, -0.2) is 9.18 Å².